The lowest BCUT2D eigenvalue weighted by Crippen LogP contribution is -2.35. The first-order valence-corrected chi connectivity index (χ1v) is 10.0. The van der Waals surface area contributed by atoms with Gasteiger partial charge < -0.3 is 4.90 Å². The lowest BCUT2D eigenvalue weighted by atomic mass is 9.85. The molecule has 2 aliphatic heterocycles. The Bertz CT molecular complexity index is 881. The summed E-state index contributed by atoms with van der Waals surface area (Å²) in [7, 11) is 0. The number of fused-ring (bicyclic) bond motifs is 5. The van der Waals surface area contributed by atoms with Gasteiger partial charge in [-0.3, -0.25) is 19.7 Å². The highest BCUT2D eigenvalue weighted by Gasteiger charge is 2.59. The number of imide groups is 1. The Morgan fingerprint density at radius 1 is 1.11 bits per heavy atom. The van der Waals surface area contributed by atoms with E-state index in [1.165, 1.54) is 11.0 Å². The van der Waals surface area contributed by atoms with Crippen LogP contribution in [-0.2, 0) is 9.59 Å². The number of nitrogens with zero attached hydrogens (tertiary/aromatic N) is 3. The number of hydrogen-bond donors (Lipinski definition) is 0. The molecule has 7 heteroatoms. The molecule has 7 nitrogen and oxygen atoms in total. The number of nitro benzene ring substituents is 1. The lowest BCUT2D eigenvalue weighted by Gasteiger charge is -2.32. The average Bonchev–Trinajstić information content (AvgIpc) is 3.35. The van der Waals surface area contributed by atoms with Gasteiger partial charge in [0.2, 0.25) is 11.8 Å². The SMILES string of the molecule is C[C@H]1CCCN(c2ccc(N3C(=O)[C@@H]4[C@H](C3=O)[C@H]3C=C[C@H]4C3)cc2[N+](=O)[O-])C1. The molecule has 0 N–H and O–H groups in total. The van der Waals surface area contributed by atoms with Crippen molar-refractivity contribution in [2.45, 2.75) is 26.2 Å². The van der Waals surface area contributed by atoms with Crippen molar-refractivity contribution in [3.63, 3.8) is 0 Å². The second-order valence-electron chi connectivity index (χ2n) is 8.64. The Kier molecular flexibility index (Phi) is 3.82. The number of allylic oxidation sites excluding steroid dienone is 2. The highest BCUT2D eigenvalue weighted by atomic mass is 16.6. The largest absolute Gasteiger partial charge is 0.366 e. The third-order valence-corrected chi connectivity index (χ3v) is 6.88. The Morgan fingerprint density at radius 2 is 1.79 bits per heavy atom. The molecule has 1 aromatic carbocycles. The molecule has 2 amide bonds. The molecule has 1 saturated carbocycles. The molecule has 2 heterocycles. The van der Waals surface area contributed by atoms with Gasteiger partial charge in [0.25, 0.3) is 5.69 Å². The third-order valence-electron chi connectivity index (χ3n) is 6.88. The number of rotatable bonds is 3. The summed E-state index contributed by atoms with van der Waals surface area (Å²) in [6, 6.07) is 4.79. The van der Waals surface area contributed by atoms with Gasteiger partial charge in [0.1, 0.15) is 5.69 Å². The van der Waals surface area contributed by atoms with E-state index in [1.54, 1.807) is 12.1 Å². The fraction of sp³-hybridized carbons (Fsp3) is 0.524. The summed E-state index contributed by atoms with van der Waals surface area (Å²) in [5.41, 5.74) is 0.857. The second-order valence-corrected chi connectivity index (χ2v) is 8.64. The molecule has 2 aliphatic carbocycles. The minimum atomic E-state index is -0.408. The van der Waals surface area contributed by atoms with Gasteiger partial charge >= 0.3 is 0 Å². The summed E-state index contributed by atoms with van der Waals surface area (Å²) in [6.45, 7) is 3.71. The molecule has 0 unspecified atom stereocenters. The third kappa shape index (κ3) is 2.41. The lowest BCUT2D eigenvalue weighted by molar-refractivity contribution is -0.384. The first-order valence-electron chi connectivity index (χ1n) is 10.0. The highest BCUT2D eigenvalue weighted by Crippen LogP contribution is 2.53. The monoisotopic (exact) mass is 381 g/mol. The van der Waals surface area contributed by atoms with E-state index in [9.17, 15) is 19.7 Å². The molecule has 28 heavy (non-hydrogen) atoms. The minimum absolute atomic E-state index is 0.0367. The second kappa shape index (κ2) is 6.15. The van der Waals surface area contributed by atoms with E-state index in [-0.39, 0.29) is 41.2 Å². The molecule has 0 radical (unpaired) electrons. The molecule has 0 spiro atoms. The summed E-state index contributed by atoms with van der Waals surface area (Å²) in [5, 5.41) is 11.8. The predicted octanol–water partition coefficient (Wildman–Crippen LogP) is 3.14. The van der Waals surface area contributed by atoms with Crippen LogP contribution >= 0.6 is 0 Å². The fourth-order valence-corrected chi connectivity index (χ4v) is 5.63. The fourth-order valence-electron chi connectivity index (χ4n) is 5.63. The van der Waals surface area contributed by atoms with E-state index in [1.807, 2.05) is 17.1 Å². The summed E-state index contributed by atoms with van der Waals surface area (Å²) < 4.78 is 0. The zero-order valence-electron chi connectivity index (χ0n) is 15.8. The first kappa shape index (κ1) is 17.4. The van der Waals surface area contributed by atoms with Crippen molar-refractivity contribution >= 4 is 28.9 Å². The van der Waals surface area contributed by atoms with Crippen molar-refractivity contribution < 1.29 is 14.5 Å². The summed E-state index contributed by atoms with van der Waals surface area (Å²) in [4.78, 5) is 40.6. The van der Waals surface area contributed by atoms with Crippen LogP contribution in [0.15, 0.2) is 30.4 Å². The van der Waals surface area contributed by atoms with Gasteiger partial charge in [-0.05, 0) is 49.1 Å². The van der Waals surface area contributed by atoms with Crippen molar-refractivity contribution in [1.29, 1.82) is 0 Å². The van der Waals surface area contributed by atoms with Crippen molar-refractivity contribution in [3.8, 4) is 0 Å². The van der Waals surface area contributed by atoms with Crippen molar-refractivity contribution in [1.82, 2.24) is 0 Å². The van der Waals surface area contributed by atoms with Crippen LogP contribution in [0.4, 0.5) is 17.1 Å². The van der Waals surface area contributed by atoms with E-state index < -0.39 is 4.92 Å². The van der Waals surface area contributed by atoms with Crippen molar-refractivity contribution in [2.24, 2.45) is 29.6 Å². The zero-order valence-corrected chi connectivity index (χ0v) is 15.8. The molecule has 5 rings (SSSR count). The van der Waals surface area contributed by atoms with Gasteiger partial charge in [0, 0.05) is 19.2 Å². The van der Waals surface area contributed by atoms with Gasteiger partial charge in [-0.1, -0.05) is 19.1 Å². The number of piperidine rings is 1. The Balaban J connectivity index is 1.50. The Labute approximate surface area is 163 Å². The number of benzene rings is 1. The van der Waals surface area contributed by atoms with Crippen LogP contribution in [0.1, 0.15) is 26.2 Å². The number of anilines is 2. The number of carbonyl (C=O) groups is 2. The number of nitro groups is 1. The van der Waals surface area contributed by atoms with Crippen LogP contribution < -0.4 is 9.80 Å². The number of amides is 2. The summed E-state index contributed by atoms with van der Waals surface area (Å²) in [6.07, 6.45) is 7.08. The first-order chi connectivity index (χ1) is 13.5. The maximum absolute atomic E-state index is 13.0. The molecule has 1 aromatic rings. The molecular formula is C21H23N3O4. The van der Waals surface area contributed by atoms with Crippen molar-refractivity contribution in [2.75, 3.05) is 22.9 Å². The predicted molar refractivity (Wildman–Crippen MR) is 104 cm³/mol. The van der Waals surface area contributed by atoms with Gasteiger partial charge in [0.05, 0.1) is 22.4 Å². The normalized spacial score (nSPS) is 33.7. The standard InChI is InChI=1S/C21H23N3O4/c1-12-3-2-8-22(11-12)16-7-6-15(10-17(16)24(27)28)23-20(25)18-13-4-5-14(9-13)19(18)21(23)26/h4-7,10,12-14,18-19H,2-3,8-9,11H2,1H3/t12-,13-,14-,18-,19+/m0/s1. The molecule has 5 atom stereocenters. The Hall–Kier alpha value is -2.70. The minimum Gasteiger partial charge on any atom is -0.366 e. The molecule has 2 bridgehead atoms. The van der Waals surface area contributed by atoms with E-state index >= 15 is 0 Å². The summed E-state index contributed by atoms with van der Waals surface area (Å²) in [5.74, 6) is -0.285. The van der Waals surface area contributed by atoms with E-state index in [4.69, 9.17) is 0 Å². The molecule has 146 valence electrons. The topological polar surface area (TPSA) is 83.8 Å². The molecule has 3 fully saturated rings. The maximum atomic E-state index is 13.0. The van der Waals surface area contributed by atoms with Crippen LogP contribution in [0.5, 0.6) is 0 Å². The average molecular weight is 381 g/mol. The molecule has 4 aliphatic rings. The van der Waals surface area contributed by atoms with E-state index in [0.29, 0.717) is 17.3 Å². The van der Waals surface area contributed by atoms with Crippen LogP contribution in [0, 0.1) is 39.7 Å². The van der Waals surface area contributed by atoms with Gasteiger partial charge in [-0.25, -0.2) is 4.90 Å². The van der Waals surface area contributed by atoms with E-state index in [2.05, 4.69) is 6.92 Å². The quantitative estimate of drug-likeness (QED) is 0.348. The summed E-state index contributed by atoms with van der Waals surface area (Å²) >= 11 is 0. The van der Waals surface area contributed by atoms with Gasteiger partial charge in [0.15, 0.2) is 0 Å². The molecular weight excluding hydrogens is 358 g/mol. The zero-order chi connectivity index (χ0) is 19.6. The number of hydrogen-bond acceptors (Lipinski definition) is 5. The molecule has 2 saturated heterocycles. The van der Waals surface area contributed by atoms with Gasteiger partial charge in [-0.15, -0.1) is 0 Å². The van der Waals surface area contributed by atoms with Crippen molar-refractivity contribution in [3.05, 3.63) is 40.5 Å². The van der Waals surface area contributed by atoms with Crippen LogP contribution in [0.2, 0.25) is 0 Å². The van der Waals surface area contributed by atoms with E-state index in [0.717, 1.165) is 32.4 Å². The Morgan fingerprint density at radius 3 is 2.39 bits per heavy atom. The smallest absolute Gasteiger partial charge is 0.294 e. The van der Waals surface area contributed by atoms with Crippen LogP contribution in [0.3, 0.4) is 0 Å². The maximum Gasteiger partial charge on any atom is 0.294 e. The van der Waals surface area contributed by atoms with Crippen LogP contribution in [-0.4, -0.2) is 29.8 Å². The highest BCUT2D eigenvalue weighted by molar-refractivity contribution is 6.23. The van der Waals surface area contributed by atoms with Gasteiger partial charge in [-0.2, -0.15) is 0 Å². The number of carbonyl (C=O) groups excluding carboxylic acids is 2. The van der Waals surface area contributed by atoms with Crippen LogP contribution in [0.25, 0.3) is 0 Å². The molecule has 0 aromatic heterocycles.